The highest BCUT2D eigenvalue weighted by atomic mass is 32.2. The summed E-state index contributed by atoms with van der Waals surface area (Å²) in [6.07, 6.45) is 0. The third-order valence-electron chi connectivity index (χ3n) is 4.12. The summed E-state index contributed by atoms with van der Waals surface area (Å²) in [4.78, 5) is 21.8. The molecule has 0 saturated carbocycles. The van der Waals surface area contributed by atoms with Crippen molar-refractivity contribution in [2.45, 2.75) is 11.7 Å². The third kappa shape index (κ3) is 3.39. The van der Waals surface area contributed by atoms with E-state index in [1.165, 1.54) is 11.8 Å². The minimum absolute atomic E-state index is 0.0270. The van der Waals surface area contributed by atoms with Gasteiger partial charge < -0.3 is 9.88 Å². The molecule has 1 amide bonds. The van der Waals surface area contributed by atoms with Crippen LogP contribution in [0.4, 0.5) is 0 Å². The molecule has 0 saturated heterocycles. The van der Waals surface area contributed by atoms with Crippen LogP contribution >= 0.6 is 11.8 Å². The van der Waals surface area contributed by atoms with Crippen molar-refractivity contribution in [3.05, 3.63) is 60.2 Å². The molecular formula is C19H17N5OS. The van der Waals surface area contributed by atoms with Crippen molar-refractivity contribution in [3.8, 4) is 0 Å². The van der Waals surface area contributed by atoms with E-state index in [9.17, 15) is 4.79 Å². The number of thioether (sulfide) groups is 1. The molecule has 2 aromatic heterocycles. The highest BCUT2D eigenvalue weighted by Gasteiger charge is 2.13. The predicted molar refractivity (Wildman–Crippen MR) is 103 cm³/mol. The van der Waals surface area contributed by atoms with E-state index in [4.69, 9.17) is 0 Å². The van der Waals surface area contributed by atoms with Crippen LogP contribution in [0.2, 0.25) is 0 Å². The summed E-state index contributed by atoms with van der Waals surface area (Å²) in [5.74, 6) is 0.302. The van der Waals surface area contributed by atoms with E-state index >= 15 is 0 Å². The molecule has 0 aliphatic carbocycles. The van der Waals surface area contributed by atoms with Gasteiger partial charge >= 0.3 is 0 Å². The number of hydrogen-bond donors (Lipinski definition) is 1. The molecule has 7 heteroatoms. The largest absolute Gasteiger partial charge is 0.341 e. The fourth-order valence-electron chi connectivity index (χ4n) is 2.75. The Morgan fingerprint density at radius 2 is 1.85 bits per heavy atom. The first-order chi connectivity index (χ1) is 12.7. The molecule has 0 atom stereocenters. The van der Waals surface area contributed by atoms with E-state index in [2.05, 4.69) is 20.2 Å². The van der Waals surface area contributed by atoms with Crippen LogP contribution in [0.25, 0.3) is 22.1 Å². The summed E-state index contributed by atoms with van der Waals surface area (Å²) in [7, 11) is 1.80. The summed E-state index contributed by atoms with van der Waals surface area (Å²) in [6, 6.07) is 17.8. The maximum Gasteiger partial charge on any atom is 0.233 e. The molecule has 2 heterocycles. The Morgan fingerprint density at radius 1 is 1.08 bits per heavy atom. The van der Waals surface area contributed by atoms with Crippen molar-refractivity contribution in [2.75, 3.05) is 12.8 Å². The van der Waals surface area contributed by atoms with Gasteiger partial charge in [0.05, 0.1) is 5.75 Å². The van der Waals surface area contributed by atoms with Crippen molar-refractivity contribution in [2.24, 2.45) is 0 Å². The zero-order valence-corrected chi connectivity index (χ0v) is 15.0. The lowest BCUT2D eigenvalue weighted by atomic mass is 10.2. The molecule has 26 heavy (non-hydrogen) atoms. The number of fused-ring (bicyclic) bond motifs is 3. The van der Waals surface area contributed by atoms with Gasteiger partial charge in [-0.25, -0.2) is 4.98 Å². The van der Waals surface area contributed by atoms with Crippen molar-refractivity contribution in [1.29, 1.82) is 0 Å². The number of hydrogen-bond acceptors (Lipinski definition) is 5. The second-order valence-corrected chi connectivity index (χ2v) is 6.93. The van der Waals surface area contributed by atoms with E-state index in [0.29, 0.717) is 17.3 Å². The summed E-state index contributed by atoms with van der Waals surface area (Å²) in [5.41, 5.74) is 3.52. The van der Waals surface area contributed by atoms with Gasteiger partial charge in [-0.15, -0.1) is 10.2 Å². The number of rotatable bonds is 5. The van der Waals surface area contributed by atoms with Gasteiger partial charge in [0.1, 0.15) is 5.52 Å². The highest BCUT2D eigenvalue weighted by Crippen LogP contribution is 2.23. The Labute approximate surface area is 154 Å². The van der Waals surface area contributed by atoms with E-state index < -0.39 is 0 Å². The van der Waals surface area contributed by atoms with Gasteiger partial charge in [0.15, 0.2) is 5.65 Å². The van der Waals surface area contributed by atoms with Gasteiger partial charge in [0.25, 0.3) is 0 Å². The number of benzene rings is 2. The maximum atomic E-state index is 12.3. The first kappa shape index (κ1) is 16.5. The molecule has 2 aromatic carbocycles. The average Bonchev–Trinajstić information content (AvgIpc) is 3.04. The average molecular weight is 363 g/mol. The van der Waals surface area contributed by atoms with Crippen molar-refractivity contribution in [1.82, 2.24) is 25.1 Å². The standard InChI is InChI=1S/C19H17N5OS/c1-24(11-13-7-3-2-4-8-13)16(25)12-26-19-21-18-17(22-23-19)14-9-5-6-10-15(14)20-18/h2-10H,11-12H2,1H3,(H,20,21,23). The summed E-state index contributed by atoms with van der Waals surface area (Å²) in [6.45, 7) is 0.584. The number of nitrogens with one attached hydrogen (secondary N) is 1. The first-order valence-corrected chi connectivity index (χ1v) is 9.21. The van der Waals surface area contributed by atoms with Crippen LogP contribution in [0.15, 0.2) is 59.8 Å². The zero-order chi connectivity index (χ0) is 17.9. The summed E-state index contributed by atoms with van der Waals surface area (Å²) >= 11 is 1.30. The summed E-state index contributed by atoms with van der Waals surface area (Å²) in [5, 5.41) is 9.92. The van der Waals surface area contributed by atoms with E-state index in [1.54, 1.807) is 11.9 Å². The predicted octanol–water partition coefficient (Wildman–Crippen LogP) is 3.26. The molecule has 0 aliphatic heterocycles. The minimum Gasteiger partial charge on any atom is -0.341 e. The van der Waals surface area contributed by atoms with Crippen molar-refractivity contribution in [3.63, 3.8) is 0 Å². The molecule has 6 nitrogen and oxygen atoms in total. The lowest BCUT2D eigenvalue weighted by Crippen LogP contribution is -2.27. The van der Waals surface area contributed by atoms with Gasteiger partial charge in [-0.3, -0.25) is 4.79 Å². The molecule has 0 radical (unpaired) electrons. The van der Waals surface area contributed by atoms with Gasteiger partial charge in [0.2, 0.25) is 11.1 Å². The van der Waals surface area contributed by atoms with E-state index in [0.717, 1.165) is 22.0 Å². The van der Waals surface area contributed by atoms with Crippen LogP contribution in [0.1, 0.15) is 5.56 Å². The Balaban J connectivity index is 1.44. The molecule has 0 bridgehead atoms. The lowest BCUT2D eigenvalue weighted by molar-refractivity contribution is -0.127. The molecular weight excluding hydrogens is 346 g/mol. The maximum absolute atomic E-state index is 12.3. The number of aromatic nitrogens is 4. The van der Waals surface area contributed by atoms with Crippen molar-refractivity contribution < 1.29 is 4.79 Å². The van der Waals surface area contributed by atoms with E-state index in [1.807, 2.05) is 54.6 Å². The van der Waals surface area contributed by atoms with Crippen LogP contribution in [0.5, 0.6) is 0 Å². The molecule has 4 aromatic rings. The number of H-pyrrole nitrogens is 1. The van der Waals surface area contributed by atoms with E-state index in [-0.39, 0.29) is 11.7 Å². The minimum atomic E-state index is 0.0270. The highest BCUT2D eigenvalue weighted by molar-refractivity contribution is 7.99. The SMILES string of the molecule is CN(Cc1ccccc1)C(=O)CSc1nnc2c(n1)[nH]c1ccccc12. The Bertz CT molecular complexity index is 1060. The quantitative estimate of drug-likeness (QED) is 0.551. The lowest BCUT2D eigenvalue weighted by Gasteiger charge is -2.16. The normalized spacial score (nSPS) is 11.1. The van der Waals surface area contributed by atoms with Crippen LogP contribution in [-0.4, -0.2) is 43.8 Å². The number of carbonyl (C=O) groups is 1. The molecule has 0 unspecified atom stereocenters. The molecule has 0 fully saturated rings. The Hall–Kier alpha value is -2.93. The molecule has 1 N–H and O–H groups in total. The molecule has 0 aliphatic rings. The number of aromatic amines is 1. The number of para-hydroxylation sites is 1. The van der Waals surface area contributed by atoms with Gasteiger partial charge in [-0.2, -0.15) is 0 Å². The molecule has 0 spiro atoms. The van der Waals surface area contributed by atoms with Gasteiger partial charge in [-0.05, 0) is 11.6 Å². The van der Waals surface area contributed by atoms with Gasteiger partial charge in [-0.1, -0.05) is 60.3 Å². The number of amides is 1. The van der Waals surface area contributed by atoms with Crippen LogP contribution in [0, 0.1) is 0 Å². The fraction of sp³-hybridized carbons (Fsp3) is 0.158. The zero-order valence-electron chi connectivity index (χ0n) is 14.2. The fourth-order valence-corrected chi connectivity index (χ4v) is 3.48. The molecule has 4 rings (SSSR count). The van der Waals surface area contributed by atoms with Crippen LogP contribution in [-0.2, 0) is 11.3 Å². The second kappa shape index (κ2) is 7.13. The van der Waals surface area contributed by atoms with Crippen molar-refractivity contribution >= 4 is 39.7 Å². The van der Waals surface area contributed by atoms with Gasteiger partial charge in [0, 0.05) is 24.5 Å². The van der Waals surface area contributed by atoms with Crippen LogP contribution < -0.4 is 0 Å². The molecule has 130 valence electrons. The third-order valence-corrected chi connectivity index (χ3v) is 4.94. The smallest absolute Gasteiger partial charge is 0.233 e. The topological polar surface area (TPSA) is 74.8 Å². The second-order valence-electron chi connectivity index (χ2n) is 5.99. The first-order valence-electron chi connectivity index (χ1n) is 8.22. The van der Waals surface area contributed by atoms with Crippen LogP contribution in [0.3, 0.4) is 0 Å². The monoisotopic (exact) mass is 363 g/mol. The number of nitrogens with zero attached hydrogens (tertiary/aromatic N) is 4. The Morgan fingerprint density at radius 3 is 2.69 bits per heavy atom. The number of carbonyl (C=O) groups excluding carboxylic acids is 1. The summed E-state index contributed by atoms with van der Waals surface area (Å²) < 4.78 is 0. The Kier molecular flexibility index (Phi) is 4.53.